The second kappa shape index (κ2) is 13.7. The van der Waals surface area contributed by atoms with Crippen LogP contribution in [0.1, 0.15) is 60.1 Å². The zero-order valence-corrected chi connectivity index (χ0v) is 23.6. The van der Waals surface area contributed by atoms with E-state index < -0.39 is 36.0 Å². The lowest BCUT2D eigenvalue weighted by molar-refractivity contribution is -0.178. The predicted molar refractivity (Wildman–Crippen MR) is 149 cm³/mol. The lowest BCUT2D eigenvalue weighted by Gasteiger charge is -2.31. The number of nitriles is 1. The molecule has 4 rings (SSSR count). The first-order chi connectivity index (χ1) is 19.8. The molecule has 10 nitrogen and oxygen atoms in total. The van der Waals surface area contributed by atoms with Gasteiger partial charge in [0.15, 0.2) is 0 Å². The van der Waals surface area contributed by atoms with Gasteiger partial charge in [0.05, 0.1) is 29.9 Å². The van der Waals surface area contributed by atoms with Crippen molar-refractivity contribution >= 4 is 35.1 Å². The topological polar surface area (TPSA) is 139 Å². The SMILES string of the molecule is CC(=O)O[C@@H](C(=O)NCc1nc(Cc2ccccc2C#N)cs1)[C@@H](OC(C)=O)C(=O)N1CCCC1c1ccccc1. The van der Waals surface area contributed by atoms with Crippen LogP contribution < -0.4 is 5.32 Å². The van der Waals surface area contributed by atoms with Gasteiger partial charge in [-0.3, -0.25) is 19.2 Å². The van der Waals surface area contributed by atoms with Gasteiger partial charge in [-0.25, -0.2) is 4.98 Å². The van der Waals surface area contributed by atoms with E-state index in [2.05, 4.69) is 16.4 Å². The number of rotatable bonds is 10. The summed E-state index contributed by atoms with van der Waals surface area (Å²) in [6.45, 7) is 2.65. The highest BCUT2D eigenvalue weighted by atomic mass is 32.1. The Hall–Kier alpha value is -4.56. The van der Waals surface area contributed by atoms with Gasteiger partial charge in [-0.1, -0.05) is 48.5 Å². The Morgan fingerprint density at radius 3 is 2.44 bits per heavy atom. The number of ether oxygens (including phenoxy) is 2. The van der Waals surface area contributed by atoms with E-state index in [-0.39, 0.29) is 12.6 Å². The van der Waals surface area contributed by atoms with Crippen LogP contribution in [0, 0.1) is 11.3 Å². The highest BCUT2D eigenvalue weighted by Gasteiger charge is 2.44. The number of carbonyl (C=O) groups is 4. The van der Waals surface area contributed by atoms with Crippen molar-refractivity contribution < 1.29 is 28.7 Å². The number of nitrogens with zero attached hydrogens (tertiary/aromatic N) is 3. The van der Waals surface area contributed by atoms with Gasteiger partial charge >= 0.3 is 11.9 Å². The van der Waals surface area contributed by atoms with Gasteiger partial charge in [-0.2, -0.15) is 5.26 Å². The molecule has 1 unspecified atom stereocenters. The third-order valence-electron chi connectivity index (χ3n) is 6.61. The zero-order valence-electron chi connectivity index (χ0n) is 22.7. The quantitative estimate of drug-likeness (QED) is 0.364. The summed E-state index contributed by atoms with van der Waals surface area (Å²) < 4.78 is 10.6. The molecule has 0 aliphatic carbocycles. The number of nitrogens with one attached hydrogen (secondary N) is 1. The minimum Gasteiger partial charge on any atom is -0.448 e. The molecule has 11 heteroatoms. The summed E-state index contributed by atoms with van der Waals surface area (Å²) in [6, 6.07) is 18.6. The molecule has 1 saturated heterocycles. The first-order valence-electron chi connectivity index (χ1n) is 13.2. The number of carbonyl (C=O) groups excluding carboxylic acids is 4. The number of benzene rings is 2. The van der Waals surface area contributed by atoms with E-state index in [0.29, 0.717) is 30.0 Å². The maximum atomic E-state index is 13.7. The van der Waals surface area contributed by atoms with E-state index in [1.54, 1.807) is 17.0 Å². The van der Waals surface area contributed by atoms with Gasteiger partial charge in [0.1, 0.15) is 5.01 Å². The molecular formula is C30H30N4O6S. The molecule has 1 aliphatic rings. The first kappa shape index (κ1) is 29.4. The van der Waals surface area contributed by atoms with Gasteiger partial charge in [0, 0.05) is 32.2 Å². The molecule has 1 fully saturated rings. The lowest BCUT2D eigenvalue weighted by atomic mass is 10.0. The molecule has 212 valence electrons. The third kappa shape index (κ3) is 7.55. The molecule has 0 radical (unpaired) electrons. The monoisotopic (exact) mass is 574 g/mol. The van der Waals surface area contributed by atoms with Crippen molar-refractivity contribution in [2.75, 3.05) is 6.54 Å². The van der Waals surface area contributed by atoms with Crippen LogP contribution in [0.15, 0.2) is 60.0 Å². The Kier molecular flexibility index (Phi) is 9.81. The summed E-state index contributed by atoms with van der Waals surface area (Å²) in [6.07, 6.45) is -1.46. The number of thiazole rings is 1. The standard InChI is InChI=1S/C30H30N4O6S/c1-19(35)39-27(28(40-20(2)36)30(38)34-14-8-13-25(34)21-9-4-3-5-10-21)29(37)32-17-26-33-24(18-41-26)15-22-11-6-7-12-23(22)16-31/h3-7,9-12,18,25,27-28H,8,13-15,17H2,1-2H3,(H,32,37)/t25?,27-,28-/m1/s1. The van der Waals surface area contributed by atoms with Crippen LogP contribution >= 0.6 is 11.3 Å². The minimum absolute atomic E-state index is 0.00149. The number of hydrogen-bond acceptors (Lipinski definition) is 9. The van der Waals surface area contributed by atoms with Crippen LogP contribution in [-0.2, 0) is 41.6 Å². The minimum atomic E-state index is -1.69. The Bertz CT molecular complexity index is 1450. The average molecular weight is 575 g/mol. The Labute approximate surface area is 241 Å². The van der Waals surface area contributed by atoms with Gasteiger partial charge in [0.2, 0.25) is 12.2 Å². The van der Waals surface area contributed by atoms with Gasteiger partial charge < -0.3 is 19.7 Å². The van der Waals surface area contributed by atoms with Crippen LogP contribution in [0.3, 0.4) is 0 Å². The highest BCUT2D eigenvalue weighted by molar-refractivity contribution is 7.09. The number of esters is 2. The van der Waals surface area contributed by atoms with E-state index >= 15 is 0 Å². The smallest absolute Gasteiger partial charge is 0.303 e. The molecule has 0 saturated carbocycles. The summed E-state index contributed by atoms with van der Waals surface area (Å²) in [5.74, 6) is -2.99. The van der Waals surface area contributed by atoms with Crippen LogP contribution in [0.4, 0.5) is 0 Å². The second-order valence-corrected chi connectivity index (χ2v) is 10.5. The molecule has 2 amide bonds. The molecule has 3 aromatic rings. The van der Waals surface area contributed by atoms with Crippen molar-refractivity contribution in [2.45, 2.75) is 57.9 Å². The fraction of sp³-hybridized carbons (Fsp3) is 0.333. The molecule has 41 heavy (non-hydrogen) atoms. The number of likely N-dealkylation sites (tertiary alicyclic amines) is 1. The van der Waals surface area contributed by atoms with Gasteiger partial charge in [-0.15, -0.1) is 11.3 Å². The third-order valence-corrected chi connectivity index (χ3v) is 7.50. The molecule has 0 bridgehead atoms. The van der Waals surface area contributed by atoms with E-state index in [1.165, 1.54) is 11.3 Å². The van der Waals surface area contributed by atoms with Crippen molar-refractivity contribution in [2.24, 2.45) is 0 Å². The molecular weight excluding hydrogens is 544 g/mol. The highest BCUT2D eigenvalue weighted by Crippen LogP contribution is 2.33. The number of hydrogen-bond donors (Lipinski definition) is 1. The summed E-state index contributed by atoms with van der Waals surface area (Å²) in [5, 5.41) is 14.4. The zero-order chi connectivity index (χ0) is 29.4. The molecule has 3 atom stereocenters. The van der Waals surface area contributed by atoms with Crippen LogP contribution in [-0.4, -0.2) is 52.4 Å². The fourth-order valence-corrected chi connectivity index (χ4v) is 5.55. The normalized spacial score (nSPS) is 15.8. The predicted octanol–water partition coefficient (Wildman–Crippen LogP) is 3.45. The van der Waals surface area contributed by atoms with Crippen molar-refractivity contribution in [3.05, 3.63) is 87.4 Å². The largest absolute Gasteiger partial charge is 0.448 e. The number of amides is 2. The fourth-order valence-electron chi connectivity index (χ4n) is 4.82. The van der Waals surface area contributed by atoms with Crippen LogP contribution in [0.2, 0.25) is 0 Å². The maximum absolute atomic E-state index is 13.7. The van der Waals surface area contributed by atoms with E-state index in [0.717, 1.165) is 37.1 Å². The lowest BCUT2D eigenvalue weighted by Crippen LogP contribution is -2.53. The summed E-state index contributed by atoms with van der Waals surface area (Å²) in [7, 11) is 0. The van der Waals surface area contributed by atoms with Gasteiger partial charge in [-0.05, 0) is 30.0 Å². The van der Waals surface area contributed by atoms with Crippen LogP contribution in [0.5, 0.6) is 0 Å². The maximum Gasteiger partial charge on any atom is 0.303 e. The van der Waals surface area contributed by atoms with Gasteiger partial charge in [0.25, 0.3) is 11.8 Å². The molecule has 2 heterocycles. The second-order valence-electron chi connectivity index (χ2n) is 9.56. The van der Waals surface area contributed by atoms with E-state index in [1.807, 2.05) is 47.8 Å². The molecule has 1 aliphatic heterocycles. The molecule has 2 aromatic carbocycles. The number of aromatic nitrogens is 1. The average Bonchev–Trinajstić information content (AvgIpc) is 3.64. The Balaban J connectivity index is 1.49. The van der Waals surface area contributed by atoms with Crippen LogP contribution in [0.25, 0.3) is 0 Å². The Morgan fingerprint density at radius 2 is 1.73 bits per heavy atom. The molecule has 1 aromatic heterocycles. The summed E-state index contributed by atoms with van der Waals surface area (Å²) >= 11 is 1.32. The summed E-state index contributed by atoms with van der Waals surface area (Å²) in [4.78, 5) is 57.2. The van der Waals surface area contributed by atoms with E-state index in [9.17, 15) is 24.4 Å². The van der Waals surface area contributed by atoms with E-state index in [4.69, 9.17) is 9.47 Å². The Morgan fingerprint density at radius 1 is 1.05 bits per heavy atom. The summed E-state index contributed by atoms with van der Waals surface area (Å²) in [5.41, 5.74) is 3.05. The van der Waals surface area contributed by atoms with Crippen molar-refractivity contribution in [3.63, 3.8) is 0 Å². The molecule has 0 spiro atoms. The van der Waals surface area contributed by atoms with Crippen molar-refractivity contribution in [3.8, 4) is 6.07 Å². The molecule has 1 N–H and O–H groups in total. The first-order valence-corrected chi connectivity index (χ1v) is 14.0. The van der Waals surface area contributed by atoms with Crippen molar-refractivity contribution in [1.82, 2.24) is 15.2 Å². The van der Waals surface area contributed by atoms with Crippen molar-refractivity contribution in [1.29, 1.82) is 5.26 Å².